The van der Waals surface area contributed by atoms with Crippen LogP contribution >= 0.6 is 0 Å². The predicted molar refractivity (Wildman–Crippen MR) is 210 cm³/mol. The first kappa shape index (κ1) is 29.0. The van der Waals surface area contributed by atoms with Crippen LogP contribution in [-0.4, -0.2) is 4.98 Å². The number of fused-ring (bicyclic) bond motifs is 5. The van der Waals surface area contributed by atoms with Gasteiger partial charge in [-0.05, 0) is 87.6 Å². The molecule has 4 heteroatoms. The molecular weight excluding hydrogens is 625 g/mol. The number of nitrogens with zero attached hydrogens (tertiary/aromatic N) is 2. The second-order valence-corrected chi connectivity index (χ2v) is 12.8. The first-order valence-electron chi connectivity index (χ1n) is 17.1. The van der Waals surface area contributed by atoms with E-state index < -0.39 is 0 Å². The first-order chi connectivity index (χ1) is 25.3. The van der Waals surface area contributed by atoms with E-state index in [1.54, 1.807) is 0 Å². The van der Waals surface area contributed by atoms with Gasteiger partial charge in [-0.3, -0.25) is 0 Å². The summed E-state index contributed by atoms with van der Waals surface area (Å²) < 4.78 is 13.0. The number of para-hydroxylation sites is 2. The minimum Gasteiger partial charge on any atom is -0.454 e. The molecular formula is C47H30N2O2. The summed E-state index contributed by atoms with van der Waals surface area (Å²) in [7, 11) is 0. The van der Waals surface area contributed by atoms with Crippen LogP contribution in [0.2, 0.25) is 0 Å². The Labute approximate surface area is 294 Å². The fraction of sp³-hybridized carbons (Fsp3) is 0. The largest absolute Gasteiger partial charge is 0.454 e. The van der Waals surface area contributed by atoms with E-state index in [1.165, 1.54) is 21.9 Å². The molecule has 2 heterocycles. The molecule has 10 rings (SSSR count). The van der Waals surface area contributed by atoms with Crippen LogP contribution in [0.1, 0.15) is 0 Å². The molecule has 0 unspecified atom stereocenters. The molecule has 0 saturated heterocycles. The van der Waals surface area contributed by atoms with Gasteiger partial charge in [0.1, 0.15) is 11.1 Å². The number of hydrogen-bond donors (Lipinski definition) is 0. The Bertz CT molecular complexity index is 2860. The van der Waals surface area contributed by atoms with Gasteiger partial charge >= 0.3 is 0 Å². The quantitative estimate of drug-likeness (QED) is 0.179. The summed E-state index contributed by atoms with van der Waals surface area (Å²) in [5.74, 6) is 0.597. The van der Waals surface area contributed by atoms with Crippen molar-refractivity contribution in [1.82, 2.24) is 4.98 Å². The molecule has 0 spiro atoms. The zero-order valence-corrected chi connectivity index (χ0v) is 27.5. The lowest BCUT2D eigenvalue weighted by atomic mass is 9.92. The number of benzene rings is 8. The highest BCUT2D eigenvalue weighted by molar-refractivity contribution is 6.13. The van der Waals surface area contributed by atoms with Gasteiger partial charge in [-0.2, -0.15) is 0 Å². The molecule has 0 fully saturated rings. The van der Waals surface area contributed by atoms with Crippen LogP contribution in [0.15, 0.2) is 191 Å². The molecule has 4 nitrogen and oxygen atoms in total. The summed E-state index contributed by atoms with van der Waals surface area (Å²) in [4.78, 5) is 7.10. The summed E-state index contributed by atoms with van der Waals surface area (Å²) in [5, 5.41) is 4.43. The molecule has 0 amide bonds. The van der Waals surface area contributed by atoms with E-state index in [9.17, 15) is 0 Å². The summed E-state index contributed by atoms with van der Waals surface area (Å²) in [6, 6.07) is 63.5. The van der Waals surface area contributed by atoms with Crippen LogP contribution in [0.5, 0.6) is 0 Å². The molecule has 0 saturated carbocycles. The predicted octanol–water partition coefficient (Wildman–Crippen LogP) is 13.4. The van der Waals surface area contributed by atoms with E-state index in [1.807, 2.05) is 42.5 Å². The number of anilines is 3. The average molecular weight is 655 g/mol. The molecule has 0 radical (unpaired) electrons. The zero-order chi connectivity index (χ0) is 33.7. The standard InChI is InChI=1S/C47H30N2O2/c1-4-14-32(15-5-1)38-26-25-37(28-40(38)35-24-23-31-13-10-11-18-34(31)27-35)49(36-19-8-3-9-20-36)43-22-12-21-39-41-29-45-42(30-44(41)50-46(39)43)48-47(51-45)33-16-6-2-7-17-33/h1-30H. The van der Waals surface area contributed by atoms with E-state index in [0.29, 0.717) is 5.89 Å². The molecule has 8 aromatic carbocycles. The number of oxazole rings is 1. The molecule has 0 bridgehead atoms. The molecule has 2 aromatic heterocycles. The Balaban J connectivity index is 1.17. The summed E-state index contributed by atoms with van der Waals surface area (Å²) in [5.41, 5.74) is 11.7. The number of hydrogen-bond acceptors (Lipinski definition) is 4. The minimum absolute atomic E-state index is 0.597. The Morgan fingerprint density at radius 1 is 0.412 bits per heavy atom. The van der Waals surface area contributed by atoms with Crippen molar-refractivity contribution in [3.63, 3.8) is 0 Å². The number of rotatable bonds is 6. The summed E-state index contributed by atoms with van der Waals surface area (Å²) in [6.07, 6.45) is 0. The SMILES string of the molecule is c1ccc(-c2nc3cc4oc5c(N(c6ccccc6)c6ccc(-c7ccccc7)c(-c7ccc8ccccc8c7)c6)cccc5c4cc3o2)cc1. The van der Waals surface area contributed by atoms with Crippen LogP contribution in [0, 0.1) is 0 Å². The van der Waals surface area contributed by atoms with Crippen molar-refractivity contribution in [2.45, 2.75) is 0 Å². The van der Waals surface area contributed by atoms with Crippen molar-refractivity contribution in [2.24, 2.45) is 0 Å². The van der Waals surface area contributed by atoms with E-state index in [0.717, 1.165) is 66.8 Å². The minimum atomic E-state index is 0.597. The molecule has 240 valence electrons. The number of aromatic nitrogens is 1. The van der Waals surface area contributed by atoms with Crippen LogP contribution in [0.3, 0.4) is 0 Å². The van der Waals surface area contributed by atoms with Crippen molar-refractivity contribution < 1.29 is 8.83 Å². The molecule has 0 aliphatic carbocycles. The second-order valence-electron chi connectivity index (χ2n) is 12.8. The third-order valence-corrected chi connectivity index (χ3v) is 9.67. The Morgan fingerprint density at radius 3 is 1.94 bits per heavy atom. The summed E-state index contributed by atoms with van der Waals surface area (Å²) >= 11 is 0. The monoisotopic (exact) mass is 654 g/mol. The molecule has 0 atom stereocenters. The van der Waals surface area contributed by atoms with E-state index in [4.69, 9.17) is 13.8 Å². The normalized spacial score (nSPS) is 11.5. The van der Waals surface area contributed by atoms with Crippen LogP contribution < -0.4 is 4.90 Å². The van der Waals surface area contributed by atoms with Crippen molar-refractivity contribution in [3.05, 3.63) is 182 Å². The summed E-state index contributed by atoms with van der Waals surface area (Å²) in [6.45, 7) is 0. The number of furan rings is 1. The third-order valence-electron chi connectivity index (χ3n) is 9.67. The van der Waals surface area contributed by atoms with Crippen molar-refractivity contribution in [3.8, 4) is 33.7 Å². The van der Waals surface area contributed by atoms with Crippen molar-refractivity contribution in [2.75, 3.05) is 4.90 Å². The molecule has 0 N–H and O–H groups in total. The van der Waals surface area contributed by atoms with Gasteiger partial charge in [0.05, 0.1) is 5.69 Å². The maximum atomic E-state index is 6.76. The molecule has 10 aromatic rings. The zero-order valence-electron chi connectivity index (χ0n) is 27.5. The van der Waals surface area contributed by atoms with Crippen LogP contribution in [-0.2, 0) is 0 Å². The topological polar surface area (TPSA) is 42.4 Å². The molecule has 51 heavy (non-hydrogen) atoms. The Morgan fingerprint density at radius 2 is 1.14 bits per heavy atom. The molecule has 0 aliphatic heterocycles. The maximum Gasteiger partial charge on any atom is 0.227 e. The Kier molecular flexibility index (Phi) is 6.78. The maximum absolute atomic E-state index is 6.76. The van der Waals surface area contributed by atoms with Gasteiger partial charge in [-0.15, -0.1) is 0 Å². The van der Waals surface area contributed by atoms with Gasteiger partial charge < -0.3 is 13.7 Å². The third kappa shape index (κ3) is 5.04. The van der Waals surface area contributed by atoms with E-state index in [2.05, 4.69) is 144 Å². The fourth-order valence-electron chi connectivity index (χ4n) is 7.22. The van der Waals surface area contributed by atoms with Crippen molar-refractivity contribution in [1.29, 1.82) is 0 Å². The van der Waals surface area contributed by atoms with Gasteiger partial charge in [-0.25, -0.2) is 4.98 Å². The van der Waals surface area contributed by atoms with E-state index in [-0.39, 0.29) is 0 Å². The highest BCUT2D eigenvalue weighted by Crippen LogP contribution is 2.45. The second kappa shape index (κ2) is 11.9. The van der Waals surface area contributed by atoms with Gasteiger partial charge in [0.15, 0.2) is 11.2 Å². The van der Waals surface area contributed by atoms with Crippen molar-refractivity contribution >= 4 is 60.9 Å². The average Bonchev–Trinajstić information content (AvgIpc) is 3.79. The fourth-order valence-corrected chi connectivity index (χ4v) is 7.22. The molecule has 0 aliphatic rings. The van der Waals surface area contributed by atoms with E-state index >= 15 is 0 Å². The van der Waals surface area contributed by atoms with Gasteiger partial charge in [0.2, 0.25) is 5.89 Å². The van der Waals surface area contributed by atoms with Crippen LogP contribution in [0.25, 0.3) is 77.5 Å². The Hall–Kier alpha value is -6.91. The first-order valence-corrected chi connectivity index (χ1v) is 17.1. The van der Waals surface area contributed by atoms with Gasteiger partial charge in [0.25, 0.3) is 0 Å². The lowest BCUT2D eigenvalue weighted by Gasteiger charge is -2.27. The smallest absolute Gasteiger partial charge is 0.227 e. The lowest BCUT2D eigenvalue weighted by molar-refractivity contribution is 0.620. The highest BCUT2D eigenvalue weighted by atomic mass is 16.4. The van der Waals surface area contributed by atoms with Gasteiger partial charge in [0, 0.05) is 33.8 Å². The van der Waals surface area contributed by atoms with Crippen LogP contribution in [0.4, 0.5) is 17.1 Å². The highest BCUT2D eigenvalue weighted by Gasteiger charge is 2.22. The lowest BCUT2D eigenvalue weighted by Crippen LogP contribution is -2.10. The van der Waals surface area contributed by atoms with Gasteiger partial charge in [-0.1, -0.05) is 121 Å².